The van der Waals surface area contributed by atoms with Crippen molar-refractivity contribution in [3.8, 4) is 0 Å². The van der Waals surface area contributed by atoms with E-state index >= 15 is 0 Å². The van der Waals surface area contributed by atoms with Crippen LogP contribution >= 0.6 is 15.9 Å². The smallest absolute Gasteiger partial charge is 0.0436 e. The van der Waals surface area contributed by atoms with Gasteiger partial charge in [-0.05, 0) is 36.0 Å². The Morgan fingerprint density at radius 1 is 1.35 bits per heavy atom. The van der Waals surface area contributed by atoms with Crippen molar-refractivity contribution in [1.82, 2.24) is 5.32 Å². The zero-order chi connectivity index (χ0) is 12.9. The van der Waals surface area contributed by atoms with E-state index in [1.807, 2.05) is 0 Å². The molecule has 0 saturated heterocycles. The molecule has 0 unspecified atom stereocenters. The molecule has 2 N–H and O–H groups in total. The molecule has 17 heavy (non-hydrogen) atoms. The molecule has 0 fully saturated rings. The average Bonchev–Trinajstić information content (AvgIpc) is 2.23. The largest absolute Gasteiger partial charge is 0.396 e. The molecule has 1 rings (SSSR count). The summed E-state index contributed by atoms with van der Waals surface area (Å²) >= 11 is 3.50. The molecule has 0 atom stereocenters. The second kappa shape index (κ2) is 6.53. The van der Waals surface area contributed by atoms with Crippen molar-refractivity contribution in [3.05, 3.63) is 33.8 Å². The molecule has 1 aromatic rings. The van der Waals surface area contributed by atoms with Crippen LogP contribution in [0.2, 0.25) is 0 Å². The van der Waals surface area contributed by atoms with Crippen molar-refractivity contribution >= 4 is 15.9 Å². The number of hydrogen-bond acceptors (Lipinski definition) is 2. The van der Waals surface area contributed by atoms with Crippen LogP contribution in [0.15, 0.2) is 22.7 Å². The predicted molar refractivity (Wildman–Crippen MR) is 76.1 cm³/mol. The Bertz CT molecular complexity index is 363. The number of aliphatic hydroxyl groups is 1. The van der Waals surface area contributed by atoms with Crippen molar-refractivity contribution < 1.29 is 5.11 Å². The lowest BCUT2D eigenvalue weighted by atomic mass is 9.90. The molecule has 0 saturated carbocycles. The quantitative estimate of drug-likeness (QED) is 0.845. The van der Waals surface area contributed by atoms with Gasteiger partial charge in [0.25, 0.3) is 0 Å². The lowest BCUT2D eigenvalue weighted by Gasteiger charge is -2.24. The molecule has 0 aliphatic carbocycles. The minimum Gasteiger partial charge on any atom is -0.396 e. The van der Waals surface area contributed by atoms with E-state index < -0.39 is 0 Å². The first kappa shape index (κ1) is 14.7. The fourth-order valence-electron chi connectivity index (χ4n) is 1.75. The zero-order valence-corrected chi connectivity index (χ0v) is 12.5. The second-order valence-corrected chi connectivity index (χ2v) is 6.18. The van der Waals surface area contributed by atoms with Crippen molar-refractivity contribution in [2.75, 3.05) is 13.2 Å². The van der Waals surface area contributed by atoms with Gasteiger partial charge in [0.15, 0.2) is 0 Å². The Balaban J connectivity index is 2.43. The van der Waals surface area contributed by atoms with Crippen LogP contribution in [0.3, 0.4) is 0 Å². The van der Waals surface area contributed by atoms with Crippen LogP contribution in [0.1, 0.15) is 31.4 Å². The van der Waals surface area contributed by atoms with E-state index in [9.17, 15) is 0 Å². The van der Waals surface area contributed by atoms with Gasteiger partial charge in [-0.3, -0.25) is 0 Å². The SMILES string of the molecule is Cc1cc(CNCC(C)(C)CCO)ccc1Br. The van der Waals surface area contributed by atoms with Gasteiger partial charge in [-0.25, -0.2) is 0 Å². The van der Waals surface area contributed by atoms with Gasteiger partial charge in [0.1, 0.15) is 0 Å². The van der Waals surface area contributed by atoms with Crippen LogP contribution < -0.4 is 5.32 Å². The topological polar surface area (TPSA) is 32.3 Å². The van der Waals surface area contributed by atoms with E-state index in [-0.39, 0.29) is 12.0 Å². The minimum atomic E-state index is 0.152. The number of hydrogen-bond donors (Lipinski definition) is 2. The maximum Gasteiger partial charge on any atom is 0.0436 e. The molecule has 0 bridgehead atoms. The van der Waals surface area contributed by atoms with Crippen molar-refractivity contribution in [3.63, 3.8) is 0 Å². The van der Waals surface area contributed by atoms with Crippen molar-refractivity contribution in [2.45, 2.75) is 33.7 Å². The van der Waals surface area contributed by atoms with E-state index in [1.54, 1.807) is 0 Å². The first-order valence-electron chi connectivity index (χ1n) is 6.01. The highest BCUT2D eigenvalue weighted by Gasteiger charge is 2.16. The molecular formula is C14H22BrNO. The molecule has 1 aromatic carbocycles. The summed E-state index contributed by atoms with van der Waals surface area (Å²) in [5.41, 5.74) is 2.71. The summed E-state index contributed by atoms with van der Waals surface area (Å²) in [5.74, 6) is 0. The van der Waals surface area contributed by atoms with Crippen LogP contribution in [-0.2, 0) is 6.54 Å². The molecule has 96 valence electrons. The Kier molecular flexibility index (Phi) is 5.63. The number of halogens is 1. The lowest BCUT2D eigenvalue weighted by molar-refractivity contribution is 0.207. The third kappa shape index (κ3) is 5.19. The Morgan fingerprint density at radius 2 is 2.06 bits per heavy atom. The van der Waals surface area contributed by atoms with Gasteiger partial charge in [-0.2, -0.15) is 0 Å². The Labute approximate surface area is 113 Å². The normalized spacial score (nSPS) is 11.8. The molecule has 0 aliphatic rings. The van der Waals surface area contributed by atoms with E-state index in [0.29, 0.717) is 0 Å². The fourth-order valence-corrected chi connectivity index (χ4v) is 2.00. The Morgan fingerprint density at radius 3 is 2.65 bits per heavy atom. The van der Waals surface area contributed by atoms with Gasteiger partial charge in [0.05, 0.1) is 0 Å². The van der Waals surface area contributed by atoms with Crippen LogP contribution in [0.5, 0.6) is 0 Å². The minimum absolute atomic E-state index is 0.152. The first-order valence-corrected chi connectivity index (χ1v) is 6.80. The number of rotatable bonds is 6. The van der Waals surface area contributed by atoms with Gasteiger partial charge in [0.2, 0.25) is 0 Å². The monoisotopic (exact) mass is 299 g/mol. The Hall–Kier alpha value is -0.380. The maximum absolute atomic E-state index is 8.95. The summed E-state index contributed by atoms with van der Waals surface area (Å²) in [7, 11) is 0. The first-order chi connectivity index (χ1) is 7.94. The van der Waals surface area contributed by atoms with Gasteiger partial charge >= 0.3 is 0 Å². The molecule has 0 heterocycles. The van der Waals surface area contributed by atoms with Gasteiger partial charge < -0.3 is 10.4 Å². The van der Waals surface area contributed by atoms with E-state index in [0.717, 1.165) is 24.0 Å². The second-order valence-electron chi connectivity index (χ2n) is 5.32. The highest BCUT2D eigenvalue weighted by Crippen LogP contribution is 2.19. The molecule has 3 heteroatoms. The zero-order valence-electron chi connectivity index (χ0n) is 10.9. The molecule has 0 amide bonds. The van der Waals surface area contributed by atoms with Crippen LogP contribution in [0, 0.1) is 12.3 Å². The highest BCUT2D eigenvalue weighted by atomic mass is 79.9. The standard InChI is InChI=1S/C14H22BrNO/c1-11-8-12(4-5-13(11)15)9-16-10-14(2,3)6-7-17/h4-5,8,16-17H,6-7,9-10H2,1-3H3. The molecule has 2 nitrogen and oxygen atoms in total. The number of aliphatic hydroxyl groups excluding tert-OH is 1. The lowest BCUT2D eigenvalue weighted by Crippen LogP contribution is -2.29. The third-order valence-corrected chi connectivity index (χ3v) is 3.83. The highest BCUT2D eigenvalue weighted by molar-refractivity contribution is 9.10. The molecule has 0 radical (unpaired) electrons. The molecule has 0 aromatic heterocycles. The average molecular weight is 300 g/mol. The summed E-state index contributed by atoms with van der Waals surface area (Å²) < 4.78 is 1.15. The predicted octanol–water partition coefficient (Wildman–Crippen LogP) is 3.26. The molecule has 0 aliphatic heterocycles. The molecule has 0 spiro atoms. The van der Waals surface area contributed by atoms with Crippen LogP contribution in [0.25, 0.3) is 0 Å². The summed E-state index contributed by atoms with van der Waals surface area (Å²) in [5, 5.41) is 12.4. The maximum atomic E-state index is 8.95. The number of benzene rings is 1. The fraction of sp³-hybridized carbons (Fsp3) is 0.571. The summed E-state index contributed by atoms with van der Waals surface area (Å²) in [6.45, 7) is 8.49. The summed E-state index contributed by atoms with van der Waals surface area (Å²) in [4.78, 5) is 0. The third-order valence-electron chi connectivity index (χ3n) is 2.94. The van der Waals surface area contributed by atoms with E-state index in [4.69, 9.17) is 5.11 Å². The molecular weight excluding hydrogens is 278 g/mol. The van der Waals surface area contributed by atoms with Gasteiger partial charge in [-0.1, -0.05) is 41.9 Å². The van der Waals surface area contributed by atoms with Gasteiger partial charge in [-0.15, -0.1) is 0 Å². The van der Waals surface area contributed by atoms with Gasteiger partial charge in [0, 0.05) is 24.2 Å². The summed E-state index contributed by atoms with van der Waals surface area (Å²) in [6, 6.07) is 6.41. The van der Waals surface area contributed by atoms with E-state index in [2.05, 4.69) is 60.2 Å². The van der Waals surface area contributed by atoms with Crippen LogP contribution in [0.4, 0.5) is 0 Å². The van der Waals surface area contributed by atoms with Crippen LogP contribution in [-0.4, -0.2) is 18.3 Å². The van der Waals surface area contributed by atoms with Crippen molar-refractivity contribution in [2.24, 2.45) is 5.41 Å². The number of nitrogens with one attached hydrogen (secondary N) is 1. The van der Waals surface area contributed by atoms with E-state index in [1.165, 1.54) is 11.1 Å². The van der Waals surface area contributed by atoms with Crippen molar-refractivity contribution in [1.29, 1.82) is 0 Å². The summed E-state index contributed by atoms with van der Waals surface area (Å²) in [6.07, 6.45) is 0.833. The number of aryl methyl sites for hydroxylation is 1.